The van der Waals surface area contributed by atoms with Crippen LogP contribution in [-0.2, 0) is 9.57 Å². The maximum atomic E-state index is 9.70. The van der Waals surface area contributed by atoms with Crippen molar-refractivity contribution in [2.75, 3.05) is 13.2 Å². The molecule has 0 aliphatic rings. The Kier molecular flexibility index (Phi) is 4.57. The van der Waals surface area contributed by atoms with Crippen molar-refractivity contribution < 1.29 is 14.7 Å². The van der Waals surface area contributed by atoms with Crippen LogP contribution in [0.5, 0.6) is 0 Å². The van der Waals surface area contributed by atoms with Crippen molar-refractivity contribution in [1.82, 2.24) is 0 Å². The molecule has 0 rings (SSSR count). The average molecular weight is 149 g/mol. The number of ether oxygens (including phenoxy) is 1. The molecule has 0 aromatic carbocycles. The Morgan fingerprint density at radius 1 is 1.70 bits per heavy atom. The normalized spacial score (nSPS) is 12.6. The second-order valence-corrected chi connectivity index (χ2v) is 1.80. The van der Waals surface area contributed by atoms with Gasteiger partial charge < -0.3 is 9.57 Å². The van der Waals surface area contributed by atoms with Gasteiger partial charge in [-0.2, -0.15) is 0 Å². The van der Waals surface area contributed by atoms with E-state index in [0.29, 0.717) is 6.61 Å². The molecular formula is C5H11NO4. The van der Waals surface area contributed by atoms with Crippen molar-refractivity contribution in [2.24, 2.45) is 0 Å². The van der Waals surface area contributed by atoms with Crippen molar-refractivity contribution in [1.29, 1.82) is 0 Å². The standard InChI is InChI=1S/C5H11NO4/c1-3-9-4-5(2)10-6(7)8/h5H,3-4H2,1-2H3. The smallest absolute Gasteiger partial charge is 0.294 e. The van der Waals surface area contributed by atoms with Crippen molar-refractivity contribution in [2.45, 2.75) is 20.0 Å². The molecule has 0 saturated heterocycles. The molecule has 60 valence electrons. The first kappa shape index (κ1) is 9.16. The van der Waals surface area contributed by atoms with Gasteiger partial charge in [-0.3, -0.25) is 0 Å². The van der Waals surface area contributed by atoms with Gasteiger partial charge in [-0.25, -0.2) is 0 Å². The highest BCUT2D eigenvalue weighted by Gasteiger charge is 2.05. The Morgan fingerprint density at radius 3 is 2.70 bits per heavy atom. The van der Waals surface area contributed by atoms with Gasteiger partial charge in [-0.05, 0) is 13.8 Å². The summed E-state index contributed by atoms with van der Waals surface area (Å²) in [6, 6.07) is 0. The summed E-state index contributed by atoms with van der Waals surface area (Å²) >= 11 is 0. The predicted molar refractivity (Wildman–Crippen MR) is 34.0 cm³/mol. The lowest BCUT2D eigenvalue weighted by atomic mass is 10.4. The summed E-state index contributed by atoms with van der Waals surface area (Å²) < 4.78 is 4.87. The second-order valence-electron chi connectivity index (χ2n) is 1.80. The number of hydrogen-bond acceptors (Lipinski definition) is 4. The Balaban J connectivity index is 3.25. The van der Waals surface area contributed by atoms with E-state index in [4.69, 9.17) is 4.74 Å². The van der Waals surface area contributed by atoms with E-state index in [1.807, 2.05) is 6.92 Å². The summed E-state index contributed by atoms with van der Waals surface area (Å²) in [6.45, 7) is 4.21. The van der Waals surface area contributed by atoms with E-state index >= 15 is 0 Å². The first-order chi connectivity index (χ1) is 4.66. The molecule has 0 heterocycles. The van der Waals surface area contributed by atoms with E-state index in [-0.39, 0.29) is 6.61 Å². The second kappa shape index (κ2) is 4.99. The first-order valence-corrected chi connectivity index (χ1v) is 3.05. The highest BCUT2D eigenvalue weighted by molar-refractivity contribution is 4.41. The maximum Gasteiger partial charge on any atom is 0.294 e. The lowest BCUT2D eigenvalue weighted by Crippen LogP contribution is -2.19. The molecule has 0 saturated carbocycles. The lowest BCUT2D eigenvalue weighted by molar-refractivity contribution is -0.768. The topological polar surface area (TPSA) is 61.6 Å². The van der Waals surface area contributed by atoms with Crippen LogP contribution in [-0.4, -0.2) is 24.4 Å². The van der Waals surface area contributed by atoms with Crippen LogP contribution in [0.15, 0.2) is 0 Å². The van der Waals surface area contributed by atoms with Gasteiger partial charge in [0.2, 0.25) is 0 Å². The lowest BCUT2D eigenvalue weighted by Gasteiger charge is -2.07. The van der Waals surface area contributed by atoms with Crippen LogP contribution in [0, 0.1) is 10.1 Å². The molecular weight excluding hydrogens is 138 g/mol. The van der Waals surface area contributed by atoms with Crippen LogP contribution in [0.2, 0.25) is 0 Å². The van der Waals surface area contributed by atoms with Crippen LogP contribution in [0.25, 0.3) is 0 Å². The van der Waals surface area contributed by atoms with E-state index in [2.05, 4.69) is 4.84 Å². The summed E-state index contributed by atoms with van der Waals surface area (Å²) in [5.74, 6) is 0. The Labute approximate surface area is 59.0 Å². The molecule has 1 atom stereocenters. The molecule has 0 bridgehead atoms. The molecule has 0 amide bonds. The van der Waals surface area contributed by atoms with E-state index < -0.39 is 11.2 Å². The molecule has 0 radical (unpaired) electrons. The number of nitrogens with zero attached hydrogens (tertiary/aromatic N) is 1. The predicted octanol–water partition coefficient (Wildman–Crippen LogP) is 0.620. The quantitative estimate of drug-likeness (QED) is 0.424. The van der Waals surface area contributed by atoms with Crippen LogP contribution in [0.3, 0.4) is 0 Å². The van der Waals surface area contributed by atoms with Crippen molar-refractivity contribution in [3.8, 4) is 0 Å². The van der Waals surface area contributed by atoms with E-state index in [1.165, 1.54) is 0 Å². The molecule has 10 heavy (non-hydrogen) atoms. The molecule has 5 nitrogen and oxygen atoms in total. The third kappa shape index (κ3) is 5.30. The van der Waals surface area contributed by atoms with Gasteiger partial charge in [0.15, 0.2) is 0 Å². The van der Waals surface area contributed by atoms with Crippen LogP contribution in [0.1, 0.15) is 13.8 Å². The Bertz CT molecular complexity index is 106. The molecule has 0 aliphatic heterocycles. The number of rotatable bonds is 5. The van der Waals surface area contributed by atoms with E-state index in [1.54, 1.807) is 6.92 Å². The Hall–Kier alpha value is -0.840. The van der Waals surface area contributed by atoms with Gasteiger partial charge in [0.1, 0.15) is 6.10 Å². The maximum absolute atomic E-state index is 9.70. The molecule has 0 aromatic heterocycles. The van der Waals surface area contributed by atoms with Crippen LogP contribution >= 0.6 is 0 Å². The zero-order valence-electron chi connectivity index (χ0n) is 6.07. The minimum atomic E-state index is -0.816. The third-order valence-electron chi connectivity index (χ3n) is 0.823. The average Bonchev–Trinajstić information content (AvgIpc) is 1.82. The van der Waals surface area contributed by atoms with Gasteiger partial charge in [0, 0.05) is 6.61 Å². The summed E-state index contributed by atoms with van der Waals surface area (Å²) in [5.41, 5.74) is 0. The largest absolute Gasteiger partial charge is 0.379 e. The van der Waals surface area contributed by atoms with Gasteiger partial charge >= 0.3 is 0 Å². The summed E-state index contributed by atoms with van der Waals surface area (Å²) in [5, 5.41) is 8.88. The molecule has 0 aromatic rings. The summed E-state index contributed by atoms with van der Waals surface area (Å²) in [6.07, 6.45) is -0.477. The zero-order chi connectivity index (χ0) is 7.98. The third-order valence-corrected chi connectivity index (χ3v) is 0.823. The van der Waals surface area contributed by atoms with Crippen LogP contribution < -0.4 is 0 Å². The van der Waals surface area contributed by atoms with Gasteiger partial charge in [0.05, 0.1) is 6.61 Å². The minimum Gasteiger partial charge on any atom is -0.379 e. The first-order valence-electron chi connectivity index (χ1n) is 3.05. The monoisotopic (exact) mass is 149 g/mol. The Morgan fingerprint density at radius 2 is 2.30 bits per heavy atom. The molecule has 0 spiro atoms. The molecule has 0 aliphatic carbocycles. The van der Waals surface area contributed by atoms with Gasteiger partial charge in [-0.15, -0.1) is 10.1 Å². The fourth-order valence-corrected chi connectivity index (χ4v) is 0.461. The molecule has 0 N–H and O–H groups in total. The minimum absolute atomic E-state index is 0.261. The van der Waals surface area contributed by atoms with Crippen molar-refractivity contribution >= 4 is 0 Å². The fourth-order valence-electron chi connectivity index (χ4n) is 0.461. The molecule has 1 unspecified atom stereocenters. The SMILES string of the molecule is CCOCC(C)O[N+](=O)[O-]. The zero-order valence-corrected chi connectivity index (χ0v) is 6.07. The molecule has 0 fully saturated rings. The van der Waals surface area contributed by atoms with Gasteiger partial charge in [0.25, 0.3) is 5.09 Å². The van der Waals surface area contributed by atoms with Gasteiger partial charge in [-0.1, -0.05) is 0 Å². The summed E-state index contributed by atoms with van der Waals surface area (Å²) in [4.78, 5) is 13.9. The highest BCUT2D eigenvalue weighted by atomic mass is 17.0. The highest BCUT2D eigenvalue weighted by Crippen LogP contribution is 1.90. The van der Waals surface area contributed by atoms with Crippen molar-refractivity contribution in [3.63, 3.8) is 0 Å². The van der Waals surface area contributed by atoms with Crippen LogP contribution in [0.4, 0.5) is 0 Å². The fraction of sp³-hybridized carbons (Fsp3) is 1.00. The van der Waals surface area contributed by atoms with E-state index in [0.717, 1.165) is 0 Å². The van der Waals surface area contributed by atoms with Crippen molar-refractivity contribution in [3.05, 3.63) is 10.1 Å². The summed E-state index contributed by atoms with van der Waals surface area (Å²) in [7, 11) is 0. The number of hydrogen-bond donors (Lipinski definition) is 0. The van der Waals surface area contributed by atoms with E-state index in [9.17, 15) is 10.1 Å². The molecule has 5 heteroatoms.